The Morgan fingerprint density at radius 2 is 1.89 bits per heavy atom. The Hall–Kier alpha value is -2.31. The molecule has 1 unspecified atom stereocenters. The van der Waals surface area contributed by atoms with Gasteiger partial charge in [-0.15, -0.1) is 11.3 Å². The van der Waals surface area contributed by atoms with Gasteiger partial charge in [0.2, 0.25) is 0 Å². The molecule has 1 aliphatic heterocycles. The van der Waals surface area contributed by atoms with Crippen LogP contribution >= 0.6 is 22.9 Å². The molecule has 0 bridgehead atoms. The molecule has 7 heteroatoms. The molecule has 1 aliphatic rings. The number of thiophene rings is 1. The molecule has 1 N–H and O–H groups in total. The third-order valence-electron chi connectivity index (χ3n) is 4.68. The van der Waals surface area contributed by atoms with Crippen LogP contribution in [0.15, 0.2) is 36.4 Å². The van der Waals surface area contributed by atoms with Crippen molar-refractivity contribution in [3.63, 3.8) is 0 Å². The van der Waals surface area contributed by atoms with Crippen LogP contribution in [0.3, 0.4) is 0 Å². The Balaban J connectivity index is 1.63. The average molecular weight is 420 g/mol. The molecule has 3 aromatic rings. The van der Waals surface area contributed by atoms with Crippen molar-refractivity contribution in [1.29, 1.82) is 0 Å². The van der Waals surface area contributed by atoms with E-state index in [0.717, 1.165) is 5.56 Å². The molecule has 2 heterocycles. The number of carbonyl (C=O) groups excluding carboxylic acids is 1. The van der Waals surface area contributed by atoms with Gasteiger partial charge in [-0.1, -0.05) is 31.5 Å². The van der Waals surface area contributed by atoms with E-state index in [1.54, 1.807) is 6.07 Å². The monoisotopic (exact) mass is 419 g/mol. The molecule has 0 radical (unpaired) electrons. The molecule has 146 valence electrons. The third-order valence-corrected chi connectivity index (χ3v) is 6.33. The number of carbonyl (C=O) groups is 1. The molecule has 28 heavy (non-hydrogen) atoms. The van der Waals surface area contributed by atoms with Gasteiger partial charge < -0.3 is 14.8 Å². The third kappa shape index (κ3) is 3.54. The van der Waals surface area contributed by atoms with Gasteiger partial charge in [-0.25, -0.2) is 4.39 Å². The molecule has 0 aliphatic carbocycles. The van der Waals surface area contributed by atoms with Crippen LogP contribution in [-0.2, 0) is 0 Å². The number of halogens is 2. The second-order valence-corrected chi connectivity index (χ2v) is 8.41. The van der Waals surface area contributed by atoms with Crippen LogP contribution < -0.4 is 14.8 Å². The van der Waals surface area contributed by atoms with Crippen LogP contribution in [0.4, 0.5) is 4.39 Å². The Kier molecular flexibility index (Phi) is 5.17. The lowest BCUT2D eigenvalue weighted by molar-refractivity contribution is 0.0929. The van der Waals surface area contributed by atoms with Gasteiger partial charge in [-0.05, 0) is 41.8 Å². The van der Waals surface area contributed by atoms with Gasteiger partial charge in [0.15, 0.2) is 11.5 Å². The number of hydrogen-bond acceptors (Lipinski definition) is 4. The summed E-state index contributed by atoms with van der Waals surface area (Å²) in [6, 6.07) is 9.79. The highest BCUT2D eigenvalue weighted by Crippen LogP contribution is 2.37. The topological polar surface area (TPSA) is 47.6 Å². The number of nitrogens with one attached hydrogen (secondary N) is 1. The normalized spacial score (nSPS) is 14.3. The molecule has 1 atom stereocenters. The Labute approximate surface area is 171 Å². The maximum atomic E-state index is 13.5. The molecule has 0 saturated heterocycles. The Morgan fingerprint density at radius 3 is 2.64 bits per heavy atom. The second-order valence-electron chi connectivity index (χ2n) is 6.98. The summed E-state index contributed by atoms with van der Waals surface area (Å²) in [5.41, 5.74) is 0.927. The van der Waals surface area contributed by atoms with E-state index in [1.807, 2.05) is 32.0 Å². The predicted octanol–water partition coefficient (Wildman–Crippen LogP) is 5.59. The van der Waals surface area contributed by atoms with E-state index in [-0.39, 0.29) is 23.7 Å². The first kappa shape index (κ1) is 19.0. The van der Waals surface area contributed by atoms with E-state index in [0.29, 0.717) is 44.7 Å². The van der Waals surface area contributed by atoms with Crippen LogP contribution in [0.2, 0.25) is 5.02 Å². The summed E-state index contributed by atoms with van der Waals surface area (Å²) in [4.78, 5) is 13.3. The summed E-state index contributed by atoms with van der Waals surface area (Å²) in [6.45, 7) is 5.10. The maximum absolute atomic E-state index is 13.5. The number of fused-ring (bicyclic) bond motifs is 2. The van der Waals surface area contributed by atoms with Gasteiger partial charge in [-0.2, -0.15) is 0 Å². The first-order valence-corrected chi connectivity index (χ1v) is 10.2. The molecule has 4 rings (SSSR count). The standard InChI is InChI=1S/C21H19ClFNO3S/c1-11(2)19(12-3-6-15-16(9-12)27-8-7-26-15)24-21(25)20-18(22)14-5-4-13(23)10-17(14)28-20/h3-6,9-11,19H,7-8H2,1-2H3,(H,24,25). The van der Waals surface area contributed by atoms with Crippen molar-refractivity contribution in [2.75, 3.05) is 13.2 Å². The van der Waals surface area contributed by atoms with Crippen LogP contribution in [0.1, 0.15) is 35.1 Å². The Morgan fingerprint density at radius 1 is 1.14 bits per heavy atom. The summed E-state index contributed by atoms with van der Waals surface area (Å²) in [7, 11) is 0. The van der Waals surface area contributed by atoms with Crippen molar-refractivity contribution in [2.45, 2.75) is 19.9 Å². The minimum absolute atomic E-state index is 0.136. The summed E-state index contributed by atoms with van der Waals surface area (Å²) in [6.07, 6.45) is 0. The lowest BCUT2D eigenvalue weighted by atomic mass is 9.95. The minimum atomic E-state index is -0.353. The summed E-state index contributed by atoms with van der Waals surface area (Å²) in [5.74, 6) is 0.892. The fourth-order valence-corrected chi connectivity index (χ4v) is 4.73. The van der Waals surface area contributed by atoms with Gasteiger partial charge in [-0.3, -0.25) is 4.79 Å². The van der Waals surface area contributed by atoms with Crippen molar-refractivity contribution in [2.24, 2.45) is 5.92 Å². The second kappa shape index (κ2) is 7.60. The van der Waals surface area contributed by atoms with Crippen molar-refractivity contribution in [3.05, 3.63) is 57.7 Å². The summed E-state index contributed by atoms with van der Waals surface area (Å²) < 4.78 is 25.4. The van der Waals surface area contributed by atoms with Gasteiger partial charge in [0.1, 0.15) is 23.9 Å². The van der Waals surface area contributed by atoms with E-state index < -0.39 is 0 Å². The molecule has 0 spiro atoms. The summed E-state index contributed by atoms with van der Waals surface area (Å²) in [5, 5.41) is 4.10. The van der Waals surface area contributed by atoms with Gasteiger partial charge >= 0.3 is 0 Å². The van der Waals surface area contributed by atoms with Crippen LogP contribution in [0, 0.1) is 11.7 Å². The number of benzene rings is 2. The lowest BCUT2D eigenvalue weighted by Gasteiger charge is -2.25. The van der Waals surface area contributed by atoms with Crippen LogP contribution in [0.5, 0.6) is 11.5 Å². The largest absolute Gasteiger partial charge is 0.486 e. The van der Waals surface area contributed by atoms with Gasteiger partial charge in [0.05, 0.1) is 11.1 Å². The van der Waals surface area contributed by atoms with Crippen molar-refractivity contribution >= 4 is 38.9 Å². The predicted molar refractivity (Wildman–Crippen MR) is 109 cm³/mol. The minimum Gasteiger partial charge on any atom is -0.486 e. The highest BCUT2D eigenvalue weighted by Gasteiger charge is 2.24. The van der Waals surface area contributed by atoms with E-state index in [1.165, 1.54) is 23.5 Å². The molecule has 1 aromatic heterocycles. The van der Waals surface area contributed by atoms with Gasteiger partial charge in [0, 0.05) is 10.1 Å². The molecule has 0 saturated carbocycles. The molecule has 2 aromatic carbocycles. The molecule has 0 fully saturated rings. The highest BCUT2D eigenvalue weighted by molar-refractivity contribution is 7.21. The smallest absolute Gasteiger partial charge is 0.263 e. The number of ether oxygens (including phenoxy) is 2. The fraction of sp³-hybridized carbons (Fsp3) is 0.286. The van der Waals surface area contributed by atoms with E-state index in [2.05, 4.69) is 5.32 Å². The van der Waals surface area contributed by atoms with Crippen molar-refractivity contribution in [3.8, 4) is 11.5 Å². The zero-order valence-electron chi connectivity index (χ0n) is 15.4. The van der Waals surface area contributed by atoms with E-state index >= 15 is 0 Å². The highest BCUT2D eigenvalue weighted by atomic mass is 35.5. The first-order chi connectivity index (χ1) is 13.4. The molecular weight excluding hydrogens is 401 g/mol. The maximum Gasteiger partial charge on any atom is 0.263 e. The molecule has 4 nitrogen and oxygen atoms in total. The summed E-state index contributed by atoms with van der Waals surface area (Å²) >= 11 is 7.59. The number of rotatable bonds is 4. The van der Waals surface area contributed by atoms with E-state index in [9.17, 15) is 9.18 Å². The number of amides is 1. The quantitative estimate of drug-likeness (QED) is 0.599. The zero-order valence-corrected chi connectivity index (χ0v) is 17.0. The SMILES string of the molecule is CC(C)C(NC(=O)c1sc2cc(F)ccc2c1Cl)c1ccc2c(c1)OCCO2. The first-order valence-electron chi connectivity index (χ1n) is 9.02. The average Bonchev–Trinajstić information content (AvgIpc) is 3.01. The fourth-order valence-electron chi connectivity index (χ4n) is 3.28. The zero-order chi connectivity index (χ0) is 19.8. The van der Waals surface area contributed by atoms with Crippen molar-refractivity contribution < 1.29 is 18.7 Å². The van der Waals surface area contributed by atoms with Crippen molar-refractivity contribution in [1.82, 2.24) is 5.32 Å². The van der Waals surface area contributed by atoms with Crippen LogP contribution in [0.25, 0.3) is 10.1 Å². The van der Waals surface area contributed by atoms with Crippen LogP contribution in [-0.4, -0.2) is 19.1 Å². The van der Waals surface area contributed by atoms with Gasteiger partial charge in [0.25, 0.3) is 5.91 Å². The molecule has 1 amide bonds. The number of hydrogen-bond donors (Lipinski definition) is 1. The molecular formula is C21H19ClFNO3S. The lowest BCUT2D eigenvalue weighted by Crippen LogP contribution is -2.31. The van der Waals surface area contributed by atoms with E-state index in [4.69, 9.17) is 21.1 Å². The Bertz CT molecular complexity index is 1050.